The Kier molecular flexibility index (Phi) is 10.6. The number of esters is 1. The summed E-state index contributed by atoms with van der Waals surface area (Å²) in [5.74, 6) is -1.50. The molecule has 0 bridgehead atoms. The first-order chi connectivity index (χ1) is 21.6. The van der Waals surface area contributed by atoms with Crippen LogP contribution in [-0.4, -0.2) is 74.6 Å². The molecule has 9 nitrogen and oxygen atoms in total. The van der Waals surface area contributed by atoms with Crippen molar-refractivity contribution in [3.8, 4) is 0 Å². The van der Waals surface area contributed by atoms with Gasteiger partial charge in [0.15, 0.2) is 12.4 Å². The number of amides is 2. The predicted molar refractivity (Wildman–Crippen MR) is 170 cm³/mol. The van der Waals surface area contributed by atoms with Crippen LogP contribution >= 0.6 is 0 Å². The van der Waals surface area contributed by atoms with Gasteiger partial charge in [-0.05, 0) is 29.3 Å². The number of ether oxygens (including phenoxy) is 5. The van der Waals surface area contributed by atoms with E-state index in [4.69, 9.17) is 23.7 Å². The fourth-order valence-electron chi connectivity index (χ4n) is 5.55. The quantitative estimate of drug-likeness (QED) is 0.139. The van der Waals surface area contributed by atoms with Gasteiger partial charge in [-0.2, -0.15) is 0 Å². The van der Waals surface area contributed by atoms with Crippen molar-refractivity contribution in [2.75, 3.05) is 13.2 Å². The number of carbonyl (C=O) groups excluding carboxylic acids is 3. The normalized spacial score (nSPS) is 23.2. The molecule has 0 saturated carbocycles. The van der Waals surface area contributed by atoms with Crippen LogP contribution in [0.2, 0.25) is 25.7 Å². The van der Waals surface area contributed by atoms with Crippen molar-refractivity contribution in [2.24, 2.45) is 0 Å². The van der Waals surface area contributed by atoms with Gasteiger partial charge in [-0.25, -0.2) is 0 Å². The molecular formula is C35H41NO8Si. The lowest BCUT2D eigenvalue weighted by molar-refractivity contribution is -0.291. The Morgan fingerprint density at radius 1 is 0.778 bits per heavy atom. The van der Waals surface area contributed by atoms with Gasteiger partial charge in [-0.15, -0.1) is 0 Å². The Balaban J connectivity index is 1.51. The molecule has 1 saturated heterocycles. The highest BCUT2D eigenvalue weighted by Gasteiger charge is 2.56. The Morgan fingerprint density at radius 2 is 1.33 bits per heavy atom. The van der Waals surface area contributed by atoms with Crippen LogP contribution in [0.3, 0.4) is 0 Å². The average molecular weight is 632 g/mol. The molecular weight excluding hydrogens is 590 g/mol. The summed E-state index contributed by atoms with van der Waals surface area (Å²) < 4.78 is 31.4. The topological polar surface area (TPSA) is 101 Å². The maximum Gasteiger partial charge on any atom is 0.303 e. The van der Waals surface area contributed by atoms with E-state index < -0.39 is 56.5 Å². The van der Waals surface area contributed by atoms with Crippen LogP contribution in [0.4, 0.5) is 0 Å². The van der Waals surface area contributed by atoms with Crippen LogP contribution < -0.4 is 0 Å². The third-order valence-electron chi connectivity index (χ3n) is 7.85. The predicted octanol–water partition coefficient (Wildman–Crippen LogP) is 5.46. The van der Waals surface area contributed by atoms with Crippen LogP contribution in [-0.2, 0) is 41.7 Å². The molecule has 1 fully saturated rings. The minimum Gasteiger partial charge on any atom is -0.457 e. The maximum absolute atomic E-state index is 13.9. The molecule has 0 unspecified atom stereocenters. The average Bonchev–Trinajstić information content (AvgIpc) is 3.26. The molecule has 238 valence electrons. The molecule has 3 aromatic rings. The third kappa shape index (κ3) is 8.14. The maximum atomic E-state index is 13.9. The first-order valence-electron chi connectivity index (χ1n) is 15.3. The zero-order valence-electron chi connectivity index (χ0n) is 26.2. The molecule has 45 heavy (non-hydrogen) atoms. The molecule has 5 atom stereocenters. The summed E-state index contributed by atoms with van der Waals surface area (Å²) in [6.45, 7) is 8.90. The van der Waals surface area contributed by atoms with Gasteiger partial charge in [-0.1, -0.05) is 92.4 Å². The molecule has 3 aromatic carbocycles. The number of benzene rings is 3. The van der Waals surface area contributed by atoms with Crippen LogP contribution in [0, 0.1) is 0 Å². The fourth-order valence-corrected chi connectivity index (χ4v) is 6.28. The molecule has 2 amide bonds. The van der Waals surface area contributed by atoms with Gasteiger partial charge < -0.3 is 23.7 Å². The highest BCUT2D eigenvalue weighted by Crippen LogP contribution is 2.36. The minimum absolute atomic E-state index is 0.0563. The third-order valence-corrected chi connectivity index (χ3v) is 9.56. The molecule has 0 aliphatic carbocycles. The highest BCUT2D eigenvalue weighted by molar-refractivity contribution is 6.76. The Hall–Kier alpha value is -3.67. The number of imide groups is 1. The molecule has 0 radical (unpaired) electrons. The van der Waals surface area contributed by atoms with Crippen molar-refractivity contribution in [3.63, 3.8) is 0 Å². The van der Waals surface area contributed by atoms with E-state index in [1.807, 2.05) is 60.7 Å². The van der Waals surface area contributed by atoms with Crippen molar-refractivity contribution in [1.82, 2.24) is 4.90 Å². The van der Waals surface area contributed by atoms with E-state index in [0.29, 0.717) is 24.3 Å². The summed E-state index contributed by atoms with van der Waals surface area (Å²) in [7, 11) is -1.51. The minimum atomic E-state index is -1.51. The van der Waals surface area contributed by atoms with E-state index in [2.05, 4.69) is 19.6 Å². The van der Waals surface area contributed by atoms with Crippen molar-refractivity contribution < 1.29 is 38.1 Å². The van der Waals surface area contributed by atoms with Gasteiger partial charge in [-0.3, -0.25) is 19.3 Å². The first-order valence-corrected chi connectivity index (χ1v) is 19.0. The summed E-state index contributed by atoms with van der Waals surface area (Å²) in [5, 5.41) is 0. The number of carbonyl (C=O) groups is 3. The van der Waals surface area contributed by atoms with Crippen LogP contribution in [0.1, 0.15) is 38.8 Å². The zero-order chi connectivity index (χ0) is 32.0. The monoisotopic (exact) mass is 631 g/mol. The summed E-state index contributed by atoms with van der Waals surface area (Å²) >= 11 is 0. The second-order valence-electron chi connectivity index (χ2n) is 12.6. The van der Waals surface area contributed by atoms with Crippen molar-refractivity contribution in [2.45, 2.75) is 76.5 Å². The number of nitrogens with zero attached hydrogens (tertiary/aromatic N) is 1. The van der Waals surface area contributed by atoms with E-state index in [-0.39, 0.29) is 13.2 Å². The van der Waals surface area contributed by atoms with Crippen LogP contribution in [0.15, 0.2) is 84.9 Å². The van der Waals surface area contributed by atoms with Crippen LogP contribution in [0.5, 0.6) is 0 Å². The van der Waals surface area contributed by atoms with E-state index in [1.54, 1.807) is 24.3 Å². The first kappa shape index (κ1) is 32.7. The van der Waals surface area contributed by atoms with E-state index in [1.165, 1.54) is 6.92 Å². The zero-order valence-corrected chi connectivity index (χ0v) is 27.2. The van der Waals surface area contributed by atoms with Gasteiger partial charge in [0.05, 0.1) is 30.9 Å². The summed E-state index contributed by atoms with van der Waals surface area (Å²) in [4.78, 5) is 41.4. The standard InChI is InChI=1S/C35H41NO8Si/c1-24(37)43-31-29(23-40-21-25-13-7-5-8-14-25)44-35(41-19-20-45(2,3)4)30(32(31)42-22-26-15-9-6-10-16-26)36-33(38)27-17-11-12-18-28(27)34(36)39/h5-18,29-32,35H,19-23H2,1-4H3/t29-,30+,31-,32-,35+/m1/s1. The Labute approximate surface area is 265 Å². The number of hydrogen-bond acceptors (Lipinski definition) is 8. The van der Waals surface area contributed by atoms with Gasteiger partial charge in [0.2, 0.25) is 0 Å². The highest BCUT2D eigenvalue weighted by atomic mass is 28.3. The molecule has 2 aliphatic heterocycles. The lowest BCUT2D eigenvalue weighted by Gasteiger charge is -2.47. The smallest absolute Gasteiger partial charge is 0.303 e. The van der Waals surface area contributed by atoms with Gasteiger partial charge >= 0.3 is 5.97 Å². The number of fused-ring (bicyclic) bond motifs is 1. The van der Waals surface area contributed by atoms with Gasteiger partial charge in [0.1, 0.15) is 18.2 Å². The van der Waals surface area contributed by atoms with Crippen molar-refractivity contribution in [1.29, 1.82) is 0 Å². The van der Waals surface area contributed by atoms with Gasteiger partial charge in [0.25, 0.3) is 11.8 Å². The SMILES string of the molecule is CC(=O)O[C@H]1[C@H](OCc2ccccc2)[C@H](N2C(=O)c3ccccc3C2=O)[C@@H](OCC[Si](C)(C)C)O[C@@H]1COCc1ccccc1. The number of hydrogen-bond donors (Lipinski definition) is 0. The fraction of sp³-hybridized carbons (Fsp3) is 0.400. The Bertz CT molecular complexity index is 1430. The van der Waals surface area contributed by atoms with Crippen LogP contribution in [0.25, 0.3) is 0 Å². The molecule has 0 spiro atoms. The second-order valence-corrected chi connectivity index (χ2v) is 18.2. The molecule has 0 aromatic heterocycles. The Morgan fingerprint density at radius 3 is 1.89 bits per heavy atom. The molecule has 0 N–H and O–H groups in total. The lowest BCUT2D eigenvalue weighted by atomic mass is 9.94. The van der Waals surface area contributed by atoms with Crippen molar-refractivity contribution in [3.05, 3.63) is 107 Å². The van der Waals surface area contributed by atoms with E-state index in [0.717, 1.165) is 22.1 Å². The summed E-state index contributed by atoms with van der Waals surface area (Å²) in [6, 6.07) is 25.7. The molecule has 2 heterocycles. The largest absolute Gasteiger partial charge is 0.457 e. The van der Waals surface area contributed by atoms with Crippen molar-refractivity contribution >= 4 is 25.9 Å². The summed E-state index contributed by atoms with van der Waals surface area (Å²) in [5.41, 5.74) is 2.44. The summed E-state index contributed by atoms with van der Waals surface area (Å²) in [6.07, 6.45) is -3.84. The molecule has 2 aliphatic rings. The number of rotatable bonds is 13. The molecule has 5 rings (SSSR count). The van der Waals surface area contributed by atoms with Gasteiger partial charge in [0, 0.05) is 21.6 Å². The van der Waals surface area contributed by atoms with E-state index in [9.17, 15) is 14.4 Å². The molecule has 10 heteroatoms. The lowest BCUT2D eigenvalue weighted by Crippen LogP contribution is -2.67. The van der Waals surface area contributed by atoms with E-state index >= 15 is 0 Å². The second kappa shape index (κ2) is 14.6.